The number of aromatic amines is 1. The quantitative estimate of drug-likeness (QED) is 0.847. The van der Waals surface area contributed by atoms with Crippen molar-refractivity contribution in [2.24, 2.45) is 5.92 Å². The Bertz CT molecular complexity index is 524. The van der Waals surface area contributed by atoms with Gasteiger partial charge in [-0.1, -0.05) is 19.3 Å². The molecule has 0 spiro atoms. The number of ketones is 1. The van der Waals surface area contributed by atoms with E-state index in [1.807, 2.05) is 0 Å². The molecule has 1 saturated carbocycles. The van der Waals surface area contributed by atoms with E-state index >= 15 is 0 Å². The highest BCUT2D eigenvalue weighted by Gasteiger charge is 2.18. The molecule has 2 rings (SSSR count). The number of nitrogens with one attached hydrogen (secondary N) is 1. The first-order valence-electron chi connectivity index (χ1n) is 6.69. The zero-order valence-corrected chi connectivity index (χ0v) is 11.1. The Morgan fingerprint density at radius 1 is 1.37 bits per heavy atom. The number of carbonyl (C=O) groups excluding carboxylic acids is 1. The fourth-order valence-electron chi connectivity index (χ4n) is 2.42. The second-order valence-corrected chi connectivity index (χ2v) is 4.89. The molecule has 0 amide bonds. The van der Waals surface area contributed by atoms with Crippen LogP contribution in [0.5, 0.6) is 5.75 Å². The molecule has 1 aliphatic rings. The van der Waals surface area contributed by atoms with Gasteiger partial charge >= 0.3 is 0 Å². The molecule has 1 N–H and O–H groups in total. The van der Waals surface area contributed by atoms with Crippen molar-refractivity contribution in [2.45, 2.75) is 32.1 Å². The second-order valence-electron chi connectivity index (χ2n) is 4.89. The molecule has 1 heterocycles. The van der Waals surface area contributed by atoms with Crippen LogP contribution in [0.4, 0.5) is 0 Å². The lowest BCUT2D eigenvalue weighted by Crippen LogP contribution is -2.15. The van der Waals surface area contributed by atoms with E-state index in [-0.39, 0.29) is 22.9 Å². The highest BCUT2D eigenvalue weighted by atomic mass is 16.5. The number of rotatable bonds is 4. The summed E-state index contributed by atoms with van der Waals surface area (Å²) in [6, 6.07) is 1.43. The van der Waals surface area contributed by atoms with Gasteiger partial charge in [0.2, 0.25) is 5.43 Å². The van der Waals surface area contributed by atoms with Gasteiger partial charge in [0.05, 0.1) is 7.11 Å². The summed E-state index contributed by atoms with van der Waals surface area (Å²) in [5.41, 5.74) is 0.431. The molecular formula is C15H19NO3. The van der Waals surface area contributed by atoms with Gasteiger partial charge < -0.3 is 9.72 Å². The van der Waals surface area contributed by atoms with Gasteiger partial charge in [0.1, 0.15) is 0 Å². The van der Waals surface area contributed by atoms with Gasteiger partial charge in [-0.25, -0.2) is 0 Å². The van der Waals surface area contributed by atoms with E-state index in [0.717, 1.165) is 25.7 Å². The van der Waals surface area contributed by atoms with Crippen molar-refractivity contribution < 1.29 is 9.53 Å². The van der Waals surface area contributed by atoms with Gasteiger partial charge in [0.25, 0.3) is 0 Å². The highest BCUT2D eigenvalue weighted by molar-refractivity contribution is 5.95. The smallest absolute Gasteiger partial charge is 0.223 e. The number of ether oxygens (including phenoxy) is 1. The van der Waals surface area contributed by atoms with E-state index in [1.54, 1.807) is 12.2 Å². The van der Waals surface area contributed by atoms with Gasteiger partial charge in [0, 0.05) is 23.9 Å². The number of hydrogen-bond acceptors (Lipinski definition) is 3. The lowest BCUT2D eigenvalue weighted by atomic mass is 9.86. The molecule has 1 aromatic heterocycles. The number of methoxy groups -OCH3 is 1. The van der Waals surface area contributed by atoms with Crippen LogP contribution in [0.15, 0.2) is 23.1 Å². The third kappa shape index (κ3) is 3.56. The number of allylic oxidation sites excluding steroid dienone is 1. The molecule has 0 aliphatic heterocycles. The number of pyridine rings is 1. The van der Waals surface area contributed by atoms with E-state index in [2.05, 4.69) is 4.98 Å². The third-order valence-corrected chi connectivity index (χ3v) is 3.55. The van der Waals surface area contributed by atoms with Crippen molar-refractivity contribution in [3.05, 3.63) is 34.3 Å². The molecule has 4 nitrogen and oxygen atoms in total. The summed E-state index contributed by atoms with van der Waals surface area (Å²) < 4.78 is 4.89. The minimum Gasteiger partial charge on any atom is -0.491 e. The predicted octanol–water partition coefficient (Wildman–Crippen LogP) is 2.55. The lowest BCUT2D eigenvalue weighted by molar-refractivity contribution is -0.119. The van der Waals surface area contributed by atoms with Gasteiger partial charge in [-0.3, -0.25) is 9.59 Å². The van der Waals surface area contributed by atoms with Crippen molar-refractivity contribution in [1.29, 1.82) is 0 Å². The van der Waals surface area contributed by atoms with Crippen molar-refractivity contribution in [3.8, 4) is 5.75 Å². The van der Waals surface area contributed by atoms with E-state index in [0.29, 0.717) is 5.69 Å². The van der Waals surface area contributed by atoms with Crippen LogP contribution >= 0.6 is 0 Å². The zero-order chi connectivity index (χ0) is 13.7. The van der Waals surface area contributed by atoms with Gasteiger partial charge in [-0.05, 0) is 25.0 Å². The lowest BCUT2D eigenvalue weighted by Gasteiger charge is -2.18. The number of H-pyrrole nitrogens is 1. The molecule has 0 unspecified atom stereocenters. The minimum absolute atomic E-state index is 0.162. The van der Waals surface area contributed by atoms with Gasteiger partial charge in [-0.2, -0.15) is 0 Å². The molecule has 1 fully saturated rings. The predicted molar refractivity (Wildman–Crippen MR) is 74.2 cm³/mol. The molecule has 19 heavy (non-hydrogen) atoms. The van der Waals surface area contributed by atoms with Crippen LogP contribution in [-0.4, -0.2) is 17.9 Å². The Kier molecular flexibility index (Phi) is 4.55. The van der Waals surface area contributed by atoms with Crippen molar-refractivity contribution in [1.82, 2.24) is 4.98 Å². The average Bonchev–Trinajstić information content (AvgIpc) is 2.46. The van der Waals surface area contributed by atoms with Crippen LogP contribution in [0, 0.1) is 5.92 Å². The number of aromatic nitrogens is 1. The third-order valence-electron chi connectivity index (χ3n) is 3.55. The Morgan fingerprint density at radius 2 is 2.11 bits per heavy atom. The van der Waals surface area contributed by atoms with Crippen LogP contribution in [0.2, 0.25) is 0 Å². The van der Waals surface area contributed by atoms with E-state index in [9.17, 15) is 9.59 Å². The first-order valence-corrected chi connectivity index (χ1v) is 6.69. The van der Waals surface area contributed by atoms with Crippen molar-refractivity contribution >= 4 is 11.9 Å². The fourth-order valence-corrected chi connectivity index (χ4v) is 2.42. The number of carbonyl (C=O) groups is 1. The van der Waals surface area contributed by atoms with E-state index < -0.39 is 0 Å². The second kappa shape index (κ2) is 6.36. The summed E-state index contributed by atoms with van der Waals surface area (Å²) in [6.45, 7) is 0. The summed E-state index contributed by atoms with van der Waals surface area (Å²) in [6.07, 6.45) is 10.2. The van der Waals surface area contributed by atoms with E-state index in [4.69, 9.17) is 4.74 Å². The molecule has 102 valence electrons. The maximum Gasteiger partial charge on any atom is 0.223 e. The minimum atomic E-state index is -0.189. The summed E-state index contributed by atoms with van der Waals surface area (Å²) in [7, 11) is 1.45. The van der Waals surface area contributed by atoms with Crippen LogP contribution in [0.25, 0.3) is 6.08 Å². The van der Waals surface area contributed by atoms with Gasteiger partial charge in [-0.15, -0.1) is 0 Å². The van der Waals surface area contributed by atoms with E-state index in [1.165, 1.54) is 25.8 Å². The van der Waals surface area contributed by atoms with Crippen molar-refractivity contribution in [3.63, 3.8) is 0 Å². The Morgan fingerprint density at radius 3 is 2.74 bits per heavy atom. The van der Waals surface area contributed by atoms with Crippen LogP contribution in [0.1, 0.15) is 37.8 Å². The summed E-state index contributed by atoms with van der Waals surface area (Å²) >= 11 is 0. The molecule has 1 aliphatic carbocycles. The van der Waals surface area contributed by atoms with Gasteiger partial charge in [0.15, 0.2) is 11.5 Å². The zero-order valence-electron chi connectivity index (χ0n) is 11.1. The molecular weight excluding hydrogens is 242 g/mol. The molecule has 0 radical (unpaired) electrons. The normalized spacial score (nSPS) is 16.7. The van der Waals surface area contributed by atoms with Crippen LogP contribution in [-0.2, 0) is 4.79 Å². The average molecular weight is 261 g/mol. The Labute approximate surface area is 112 Å². The molecule has 0 saturated heterocycles. The molecule has 0 bridgehead atoms. The largest absolute Gasteiger partial charge is 0.491 e. The molecule has 0 aromatic carbocycles. The Hall–Kier alpha value is -1.84. The maximum atomic E-state index is 12.0. The maximum absolute atomic E-state index is 12.0. The standard InChI is InChI=1S/C15H19NO3/c1-19-15-10-16-12(9-14(15)18)7-8-13(17)11-5-3-2-4-6-11/h7-11H,2-6H2,1H3,(H,16,18)/b8-7+. The first-order chi connectivity index (χ1) is 9.20. The summed E-state index contributed by atoms with van der Waals surface area (Å²) in [4.78, 5) is 26.5. The molecule has 1 aromatic rings. The monoisotopic (exact) mass is 261 g/mol. The molecule has 4 heteroatoms. The topological polar surface area (TPSA) is 59.2 Å². The van der Waals surface area contributed by atoms with Crippen LogP contribution < -0.4 is 10.2 Å². The first kappa shape index (κ1) is 13.6. The summed E-state index contributed by atoms with van der Waals surface area (Å²) in [5.74, 6) is 0.599. The van der Waals surface area contributed by atoms with Crippen molar-refractivity contribution in [2.75, 3.05) is 7.11 Å². The fraction of sp³-hybridized carbons (Fsp3) is 0.467. The number of hydrogen-bond donors (Lipinski definition) is 1. The SMILES string of the molecule is COc1c[nH]c(/C=C/C(=O)C2CCCCC2)cc1=O. The Balaban J connectivity index is 2.03. The van der Waals surface area contributed by atoms with Crippen LogP contribution in [0.3, 0.4) is 0 Å². The summed E-state index contributed by atoms with van der Waals surface area (Å²) in [5, 5.41) is 0. The highest BCUT2D eigenvalue weighted by Crippen LogP contribution is 2.24. The molecule has 0 atom stereocenters.